The van der Waals surface area contributed by atoms with E-state index in [0.29, 0.717) is 5.92 Å². The lowest BCUT2D eigenvalue weighted by Crippen LogP contribution is -2.43. The molecule has 1 heterocycles. The summed E-state index contributed by atoms with van der Waals surface area (Å²) >= 11 is 0. The van der Waals surface area contributed by atoms with Gasteiger partial charge in [-0.2, -0.15) is 0 Å². The molecule has 1 aromatic carbocycles. The SMILES string of the molecule is CCc1ccc2c(c1)N(CCCCN)CC(C(C)C)O2. The smallest absolute Gasteiger partial charge is 0.143 e. The Labute approximate surface area is 123 Å². The lowest BCUT2D eigenvalue weighted by Gasteiger charge is -2.38. The molecule has 0 fully saturated rings. The summed E-state index contributed by atoms with van der Waals surface area (Å²) in [5.41, 5.74) is 8.25. The maximum absolute atomic E-state index is 6.16. The number of hydrogen-bond donors (Lipinski definition) is 1. The zero-order valence-corrected chi connectivity index (χ0v) is 13.1. The van der Waals surface area contributed by atoms with E-state index in [1.807, 2.05) is 0 Å². The predicted octanol–water partition coefficient (Wildman–Crippen LogP) is 3.21. The van der Waals surface area contributed by atoms with Crippen molar-refractivity contribution < 1.29 is 4.74 Å². The van der Waals surface area contributed by atoms with Crippen LogP contribution in [0.2, 0.25) is 0 Å². The van der Waals surface area contributed by atoms with Crippen molar-refractivity contribution in [3.63, 3.8) is 0 Å². The van der Waals surface area contributed by atoms with Crippen LogP contribution < -0.4 is 15.4 Å². The van der Waals surface area contributed by atoms with E-state index in [-0.39, 0.29) is 6.10 Å². The number of rotatable bonds is 6. The molecule has 0 bridgehead atoms. The third-order valence-electron chi connectivity index (χ3n) is 4.08. The van der Waals surface area contributed by atoms with Gasteiger partial charge in [0.1, 0.15) is 11.9 Å². The van der Waals surface area contributed by atoms with E-state index in [0.717, 1.165) is 44.6 Å². The third kappa shape index (κ3) is 3.45. The topological polar surface area (TPSA) is 38.5 Å². The number of nitrogens with two attached hydrogens (primary N) is 1. The Morgan fingerprint density at radius 1 is 1.35 bits per heavy atom. The van der Waals surface area contributed by atoms with Crippen LogP contribution in [0.4, 0.5) is 5.69 Å². The van der Waals surface area contributed by atoms with Gasteiger partial charge in [0.15, 0.2) is 0 Å². The third-order valence-corrected chi connectivity index (χ3v) is 4.08. The fourth-order valence-electron chi connectivity index (χ4n) is 2.65. The number of unbranched alkanes of at least 4 members (excludes halogenated alkanes) is 1. The summed E-state index contributed by atoms with van der Waals surface area (Å²) in [7, 11) is 0. The second-order valence-corrected chi connectivity index (χ2v) is 6.00. The van der Waals surface area contributed by atoms with E-state index in [9.17, 15) is 0 Å². The first-order valence-corrected chi connectivity index (χ1v) is 7.90. The molecule has 1 unspecified atom stereocenters. The number of nitrogens with zero attached hydrogens (tertiary/aromatic N) is 1. The normalized spacial score (nSPS) is 18.1. The van der Waals surface area contributed by atoms with Crippen LogP contribution in [0.15, 0.2) is 18.2 Å². The summed E-state index contributed by atoms with van der Waals surface area (Å²) in [4.78, 5) is 2.48. The van der Waals surface area contributed by atoms with Crippen molar-refractivity contribution in [2.75, 3.05) is 24.5 Å². The number of ether oxygens (including phenoxy) is 1. The van der Waals surface area contributed by atoms with Crippen LogP contribution in [0.25, 0.3) is 0 Å². The first-order chi connectivity index (χ1) is 9.65. The zero-order valence-electron chi connectivity index (χ0n) is 13.1. The molecule has 0 amide bonds. The van der Waals surface area contributed by atoms with Gasteiger partial charge >= 0.3 is 0 Å². The molecule has 0 saturated heterocycles. The molecule has 3 nitrogen and oxygen atoms in total. The summed E-state index contributed by atoms with van der Waals surface area (Å²) in [6.07, 6.45) is 3.59. The monoisotopic (exact) mass is 276 g/mol. The van der Waals surface area contributed by atoms with E-state index >= 15 is 0 Å². The minimum Gasteiger partial charge on any atom is -0.486 e. The maximum atomic E-state index is 6.16. The number of benzene rings is 1. The van der Waals surface area contributed by atoms with Crippen LogP contribution >= 0.6 is 0 Å². The summed E-state index contributed by atoms with van der Waals surface area (Å²) in [5, 5.41) is 0. The standard InChI is InChI=1S/C17H28N2O/c1-4-14-7-8-16-15(11-14)19(10-6-5-9-18)12-17(20-16)13(2)3/h7-8,11,13,17H,4-6,9-10,12,18H2,1-3H3. The van der Waals surface area contributed by atoms with Gasteiger partial charge in [0.05, 0.1) is 12.2 Å². The number of anilines is 1. The molecule has 1 aromatic rings. The first-order valence-electron chi connectivity index (χ1n) is 7.90. The van der Waals surface area contributed by atoms with Crippen molar-refractivity contribution >= 4 is 5.69 Å². The lowest BCUT2D eigenvalue weighted by molar-refractivity contribution is 0.145. The van der Waals surface area contributed by atoms with Crippen LogP contribution in [0, 0.1) is 5.92 Å². The summed E-state index contributed by atoms with van der Waals surface area (Å²) in [6, 6.07) is 6.60. The Morgan fingerprint density at radius 2 is 2.15 bits per heavy atom. The largest absolute Gasteiger partial charge is 0.486 e. The maximum Gasteiger partial charge on any atom is 0.143 e. The molecule has 0 aliphatic carbocycles. The average molecular weight is 276 g/mol. The van der Waals surface area contributed by atoms with Gasteiger partial charge in [0.2, 0.25) is 0 Å². The highest BCUT2D eigenvalue weighted by Gasteiger charge is 2.27. The number of fused-ring (bicyclic) bond motifs is 1. The van der Waals surface area contributed by atoms with Crippen LogP contribution in [0.5, 0.6) is 5.75 Å². The fraction of sp³-hybridized carbons (Fsp3) is 0.647. The summed E-state index contributed by atoms with van der Waals surface area (Å²) < 4.78 is 6.16. The van der Waals surface area contributed by atoms with E-state index in [1.54, 1.807) is 0 Å². The molecule has 2 N–H and O–H groups in total. The Hall–Kier alpha value is -1.22. The van der Waals surface area contributed by atoms with Crippen molar-refractivity contribution in [1.29, 1.82) is 0 Å². The molecule has 0 radical (unpaired) electrons. The van der Waals surface area contributed by atoms with Gasteiger partial charge in [-0.05, 0) is 49.4 Å². The second kappa shape index (κ2) is 6.98. The number of aryl methyl sites for hydroxylation is 1. The van der Waals surface area contributed by atoms with Gasteiger partial charge in [-0.25, -0.2) is 0 Å². The molecule has 1 atom stereocenters. The second-order valence-electron chi connectivity index (χ2n) is 6.00. The molecule has 1 aliphatic heterocycles. The van der Waals surface area contributed by atoms with Crippen LogP contribution in [-0.2, 0) is 6.42 Å². The van der Waals surface area contributed by atoms with Crippen molar-refractivity contribution in [2.24, 2.45) is 11.7 Å². The Morgan fingerprint density at radius 3 is 2.80 bits per heavy atom. The quantitative estimate of drug-likeness (QED) is 0.811. The van der Waals surface area contributed by atoms with E-state index in [4.69, 9.17) is 10.5 Å². The fourth-order valence-corrected chi connectivity index (χ4v) is 2.65. The predicted molar refractivity (Wildman–Crippen MR) is 85.6 cm³/mol. The van der Waals surface area contributed by atoms with Crippen molar-refractivity contribution in [1.82, 2.24) is 0 Å². The molecule has 112 valence electrons. The van der Waals surface area contributed by atoms with E-state index in [2.05, 4.69) is 43.9 Å². The Bertz CT molecular complexity index is 431. The van der Waals surface area contributed by atoms with Crippen LogP contribution in [-0.4, -0.2) is 25.7 Å². The van der Waals surface area contributed by atoms with Crippen LogP contribution in [0.1, 0.15) is 39.2 Å². The molecule has 20 heavy (non-hydrogen) atoms. The molecule has 0 spiro atoms. The molecule has 0 saturated carbocycles. The van der Waals surface area contributed by atoms with Gasteiger partial charge in [0, 0.05) is 6.54 Å². The van der Waals surface area contributed by atoms with Crippen molar-refractivity contribution in [2.45, 2.75) is 46.1 Å². The van der Waals surface area contributed by atoms with Crippen molar-refractivity contribution in [3.05, 3.63) is 23.8 Å². The summed E-state index contributed by atoms with van der Waals surface area (Å²) in [6.45, 7) is 9.50. The zero-order chi connectivity index (χ0) is 14.5. The van der Waals surface area contributed by atoms with E-state index in [1.165, 1.54) is 11.3 Å². The van der Waals surface area contributed by atoms with Gasteiger partial charge < -0.3 is 15.4 Å². The molecular weight excluding hydrogens is 248 g/mol. The summed E-state index contributed by atoms with van der Waals surface area (Å²) in [5.74, 6) is 1.57. The van der Waals surface area contributed by atoms with Gasteiger partial charge in [0.25, 0.3) is 0 Å². The lowest BCUT2D eigenvalue weighted by atomic mass is 10.0. The molecule has 1 aliphatic rings. The van der Waals surface area contributed by atoms with Gasteiger partial charge in [-0.1, -0.05) is 26.8 Å². The van der Waals surface area contributed by atoms with E-state index < -0.39 is 0 Å². The van der Waals surface area contributed by atoms with Gasteiger partial charge in [-0.3, -0.25) is 0 Å². The molecular formula is C17H28N2O. The minimum atomic E-state index is 0.285. The minimum absolute atomic E-state index is 0.285. The highest BCUT2D eigenvalue weighted by molar-refractivity contribution is 5.61. The Kier molecular flexibility index (Phi) is 5.30. The average Bonchev–Trinajstić information content (AvgIpc) is 2.46. The first kappa shape index (κ1) is 15.2. The highest BCUT2D eigenvalue weighted by Crippen LogP contribution is 2.36. The molecule has 2 rings (SSSR count). The number of hydrogen-bond acceptors (Lipinski definition) is 3. The highest BCUT2D eigenvalue weighted by atomic mass is 16.5. The van der Waals surface area contributed by atoms with Crippen molar-refractivity contribution in [3.8, 4) is 5.75 Å². The molecule has 0 aromatic heterocycles. The molecule has 3 heteroatoms. The Balaban J connectivity index is 2.20. The van der Waals surface area contributed by atoms with Gasteiger partial charge in [-0.15, -0.1) is 0 Å². The van der Waals surface area contributed by atoms with Crippen LogP contribution in [0.3, 0.4) is 0 Å².